The molecule has 5 N–H and O–H groups in total. The Morgan fingerprint density at radius 1 is 1.67 bits per heavy atom. The van der Waals surface area contributed by atoms with E-state index < -0.39 is 0 Å². The SMILES string of the molecule is CCN(CC(N)=O)c1ccnc(NN)c1. The van der Waals surface area contributed by atoms with E-state index in [0.717, 1.165) is 5.69 Å². The van der Waals surface area contributed by atoms with Gasteiger partial charge in [0.25, 0.3) is 0 Å². The molecule has 0 saturated heterocycles. The Hall–Kier alpha value is -1.82. The second-order valence-electron chi connectivity index (χ2n) is 3.02. The van der Waals surface area contributed by atoms with Crippen molar-refractivity contribution in [3.63, 3.8) is 0 Å². The number of primary amides is 1. The molecule has 1 rings (SSSR count). The summed E-state index contributed by atoms with van der Waals surface area (Å²) in [6, 6.07) is 3.56. The lowest BCUT2D eigenvalue weighted by molar-refractivity contribution is -0.116. The fourth-order valence-electron chi connectivity index (χ4n) is 1.27. The number of likely N-dealkylation sites (N-methyl/N-ethyl adjacent to an activating group) is 1. The number of hydrogen-bond donors (Lipinski definition) is 3. The molecule has 0 unspecified atom stereocenters. The number of anilines is 2. The van der Waals surface area contributed by atoms with Gasteiger partial charge in [0.05, 0.1) is 6.54 Å². The summed E-state index contributed by atoms with van der Waals surface area (Å²) in [5.74, 6) is 5.43. The normalized spacial score (nSPS) is 9.73. The second-order valence-corrected chi connectivity index (χ2v) is 3.02. The van der Waals surface area contributed by atoms with Crippen LogP contribution in [0.4, 0.5) is 11.5 Å². The standard InChI is InChI=1S/C9H15N5O/c1-2-14(6-8(10)15)7-3-4-12-9(5-7)13-11/h3-5H,2,6,11H2,1H3,(H2,10,15)(H,12,13). The Morgan fingerprint density at radius 2 is 2.40 bits per heavy atom. The van der Waals surface area contributed by atoms with Crippen LogP contribution in [0.25, 0.3) is 0 Å². The summed E-state index contributed by atoms with van der Waals surface area (Å²) in [5, 5.41) is 0. The smallest absolute Gasteiger partial charge is 0.236 e. The van der Waals surface area contributed by atoms with Crippen LogP contribution < -0.4 is 21.9 Å². The number of hydrogen-bond acceptors (Lipinski definition) is 5. The van der Waals surface area contributed by atoms with Gasteiger partial charge >= 0.3 is 0 Å². The van der Waals surface area contributed by atoms with E-state index in [-0.39, 0.29) is 12.5 Å². The quantitative estimate of drug-likeness (QED) is 0.456. The second kappa shape index (κ2) is 5.16. The maximum Gasteiger partial charge on any atom is 0.236 e. The van der Waals surface area contributed by atoms with E-state index in [4.69, 9.17) is 11.6 Å². The Morgan fingerprint density at radius 3 is 2.93 bits per heavy atom. The van der Waals surface area contributed by atoms with Crippen molar-refractivity contribution in [2.45, 2.75) is 6.92 Å². The molecule has 6 nitrogen and oxygen atoms in total. The van der Waals surface area contributed by atoms with Gasteiger partial charge in [0.15, 0.2) is 0 Å². The molecule has 6 heteroatoms. The molecule has 82 valence electrons. The van der Waals surface area contributed by atoms with E-state index in [1.807, 2.05) is 11.8 Å². The van der Waals surface area contributed by atoms with Gasteiger partial charge in [-0.05, 0) is 13.0 Å². The lowest BCUT2D eigenvalue weighted by atomic mass is 10.3. The molecule has 0 bridgehead atoms. The topological polar surface area (TPSA) is 97.3 Å². The third kappa shape index (κ3) is 3.10. The fourth-order valence-corrected chi connectivity index (χ4v) is 1.27. The molecule has 0 atom stereocenters. The Bertz CT molecular complexity index is 341. The first-order chi connectivity index (χ1) is 7.17. The summed E-state index contributed by atoms with van der Waals surface area (Å²) >= 11 is 0. The zero-order chi connectivity index (χ0) is 11.3. The monoisotopic (exact) mass is 209 g/mol. The summed E-state index contributed by atoms with van der Waals surface area (Å²) in [7, 11) is 0. The van der Waals surface area contributed by atoms with Gasteiger partial charge in [-0.15, -0.1) is 0 Å². The molecule has 0 radical (unpaired) electrons. The van der Waals surface area contributed by atoms with Crippen molar-refractivity contribution in [3.8, 4) is 0 Å². The minimum absolute atomic E-state index is 0.185. The number of nitrogen functional groups attached to an aromatic ring is 1. The zero-order valence-corrected chi connectivity index (χ0v) is 8.60. The summed E-state index contributed by atoms with van der Waals surface area (Å²) in [4.78, 5) is 16.6. The molecule has 1 amide bonds. The molecular formula is C9H15N5O. The number of carbonyl (C=O) groups excluding carboxylic acids is 1. The summed E-state index contributed by atoms with van der Waals surface area (Å²) < 4.78 is 0. The van der Waals surface area contributed by atoms with Gasteiger partial charge in [0.2, 0.25) is 5.91 Å². The Balaban J connectivity index is 2.85. The number of aromatic nitrogens is 1. The molecule has 0 fully saturated rings. The molecule has 1 aromatic heterocycles. The molecule has 0 aromatic carbocycles. The van der Waals surface area contributed by atoms with Crippen molar-refractivity contribution in [1.29, 1.82) is 0 Å². The van der Waals surface area contributed by atoms with Crippen molar-refractivity contribution in [3.05, 3.63) is 18.3 Å². The lowest BCUT2D eigenvalue weighted by Gasteiger charge is -2.21. The van der Waals surface area contributed by atoms with Gasteiger partial charge < -0.3 is 16.1 Å². The van der Waals surface area contributed by atoms with Crippen LogP contribution in [0.3, 0.4) is 0 Å². The van der Waals surface area contributed by atoms with Gasteiger partial charge in [-0.3, -0.25) is 4.79 Å². The van der Waals surface area contributed by atoms with Crippen molar-refractivity contribution < 1.29 is 4.79 Å². The van der Waals surface area contributed by atoms with Crippen LogP contribution in [0, 0.1) is 0 Å². The molecular weight excluding hydrogens is 194 g/mol. The minimum atomic E-state index is -0.365. The maximum atomic E-state index is 10.8. The first-order valence-electron chi connectivity index (χ1n) is 4.63. The summed E-state index contributed by atoms with van der Waals surface area (Å²) in [5.41, 5.74) is 8.45. The van der Waals surface area contributed by atoms with Crippen molar-refractivity contribution in [2.24, 2.45) is 11.6 Å². The summed E-state index contributed by atoms with van der Waals surface area (Å²) in [6.45, 7) is 2.82. The Kier molecular flexibility index (Phi) is 3.87. The van der Waals surface area contributed by atoms with Crippen molar-refractivity contribution >= 4 is 17.4 Å². The largest absolute Gasteiger partial charge is 0.368 e. The molecule has 0 aliphatic rings. The highest BCUT2D eigenvalue weighted by atomic mass is 16.1. The molecule has 0 aliphatic carbocycles. The third-order valence-corrected chi connectivity index (χ3v) is 1.98. The van der Waals surface area contributed by atoms with Crippen LogP contribution in [0.2, 0.25) is 0 Å². The van der Waals surface area contributed by atoms with Gasteiger partial charge in [0, 0.05) is 24.5 Å². The van der Waals surface area contributed by atoms with Crippen LogP contribution in [0.15, 0.2) is 18.3 Å². The number of nitrogens with one attached hydrogen (secondary N) is 1. The van der Waals surface area contributed by atoms with Gasteiger partial charge in [-0.2, -0.15) is 0 Å². The third-order valence-electron chi connectivity index (χ3n) is 1.98. The number of hydrazine groups is 1. The highest BCUT2D eigenvalue weighted by molar-refractivity contribution is 5.79. The van der Waals surface area contributed by atoms with E-state index in [2.05, 4.69) is 10.4 Å². The molecule has 0 spiro atoms. The average Bonchev–Trinajstić information content (AvgIpc) is 2.25. The van der Waals surface area contributed by atoms with Crippen molar-refractivity contribution in [2.75, 3.05) is 23.4 Å². The van der Waals surface area contributed by atoms with Gasteiger partial charge in [-0.1, -0.05) is 0 Å². The highest BCUT2D eigenvalue weighted by Gasteiger charge is 2.07. The molecule has 0 saturated carbocycles. The van der Waals surface area contributed by atoms with Crippen LogP contribution in [-0.2, 0) is 4.79 Å². The van der Waals surface area contributed by atoms with E-state index in [1.54, 1.807) is 18.3 Å². The first-order valence-corrected chi connectivity index (χ1v) is 4.63. The molecule has 15 heavy (non-hydrogen) atoms. The van der Waals surface area contributed by atoms with E-state index in [1.165, 1.54) is 0 Å². The predicted octanol–water partition coefficient (Wildman–Crippen LogP) is -0.321. The van der Waals surface area contributed by atoms with Crippen LogP contribution >= 0.6 is 0 Å². The van der Waals surface area contributed by atoms with Crippen LogP contribution in [0.5, 0.6) is 0 Å². The lowest BCUT2D eigenvalue weighted by Crippen LogP contribution is -2.33. The summed E-state index contributed by atoms with van der Waals surface area (Å²) in [6.07, 6.45) is 1.62. The predicted molar refractivity (Wildman–Crippen MR) is 59.1 cm³/mol. The minimum Gasteiger partial charge on any atom is -0.368 e. The van der Waals surface area contributed by atoms with E-state index >= 15 is 0 Å². The fraction of sp³-hybridized carbons (Fsp3) is 0.333. The average molecular weight is 209 g/mol. The highest BCUT2D eigenvalue weighted by Crippen LogP contribution is 2.15. The number of nitrogens with two attached hydrogens (primary N) is 2. The Labute approximate surface area is 88.2 Å². The molecule has 1 aromatic rings. The first kappa shape index (κ1) is 11.3. The zero-order valence-electron chi connectivity index (χ0n) is 8.60. The number of rotatable bonds is 5. The van der Waals surface area contributed by atoms with Crippen LogP contribution in [-0.4, -0.2) is 24.0 Å². The molecule has 0 aliphatic heterocycles. The number of pyridine rings is 1. The number of carbonyl (C=O) groups is 1. The number of nitrogens with zero attached hydrogens (tertiary/aromatic N) is 2. The molecule has 1 heterocycles. The van der Waals surface area contributed by atoms with Gasteiger partial charge in [0.1, 0.15) is 5.82 Å². The maximum absolute atomic E-state index is 10.8. The van der Waals surface area contributed by atoms with E-state index in [0.29, 0.717) is 12.4 Å². The number of amides is 1. The van der Waals surface area contributed by atoms with Crippen molar-refractivity contribution in [1.82, 2.24) is 4.98 Å². The van der Waals surface area contributed by atoms with Gasteiger partial charge in [-0.25, -0.2) is 10.8 Å². The van der Waals surface area contributed by atoms with E-state index in [9.17, 15) is 4.79 Å². The van der Waals surface area contributed by atoms with Crippen LogP contribution in [0.1, 0.15) is 6.92 Å².